The topological polar surface area (TPSA) is 302 Å². The molecule has 23 nitrogen and oxygen atoms in total. The molecule has 6 rings (SSSR count). The Labute approximate surface area is 414 Å². The third kappa shape index (κ3) is 12.1. The van der Waals surface area contributed by atoms with Crippen LogP contribution in [0.15, 0.2) is 45.7 Å². The average molecular weight is 1000 g/mol. The third-order valence-electron chi connectivity index (χ3n) is 15.4. The van der Waals surface area contributed by atoms with Gasteiger partial charge in [0.15, 0.2) is 43.3 Å². The number of ketones is 1. The molecule has 0 aliphatic carbocycles. The number of hydrogen-bond donors (Lipinski definition) is 1. The summed E-state index contributed by atoms with van der Waals surface area (Å²) >= 11 is 0. The van der Waals surface area contributed by atoms with E-state index in [1.165, 1.54) is 14.0 Å². The van der Waals surface area contributed by atoms with Gasteiger partial charge in [0.2, 0.25) is 0 Å². The predicted molar refractivity (Wildman–Crippen MR) is 252 cm³/mol. The van der Waals surface area contributed by atoms with Gasteiger partial charge in [-0.3, -0.25) is 4.79 Å². The highest BCUT2D eigenvalue weighted by atomic mass is 16.8. The molecule has 0 saturated carbocycles. The normalized spacial score (nSPS) is 43.7. The Morgan fingerprint density at radius 2 is 1.04 bits per heavy atom. The zero-order chi connectivity index (χ0) is 51.8. The van der Waals surface area contributed by atoms with Gasteiger partial charge in [-0.2, -0.15) is 0 Å². The fourth-order valence-electron chi connectivity index (χ4n) is 10.9. The highest BCUT2D eigenvalue weighted by Gasteiger charge is 2.55. The van der Waals surface area contributed by atoms with Gasteiger partial charge in [0.25, 0.3) is 0 Å². The molecule has 1 N–H and O–H groups in total. The number of hydrogen-bond acceptors (Lipinski definition) is 17. The third-order valence-corrected chi connectivity index (χ3v) is 15.4. The van der Waals surface area contributed by atoms with Crippen LogP contribution in [0.4, 0.5) is 0 Å². The second kappa shape index (κ2) is 25.2. The van der Waals surface area contributed by atoms with E-state index in [4.69, 9.17) is 52.1 Å². The molecule has 23 heteroatoms. The number of ether oxygens (including phenoxy) is 11. The standard InChI is InChI=1S/C48H73N9O14/c1-13-30-21(4)22(5)33(52-55-49)45(63-30)70-40-25(8)36(59)47(71-42(40)27(10)58)68-38-24(7)35(54-57-51)46(65-32(38)15-3)67-37-26(9)41(66-43(60)29-19-17-16-18-20-29)48(62-28(37)11)69-39-23(6)34(53-56-50)44(61-12)64-31(39)14-2/h16-26,28,30-42,44-48,59H,13-15H2,1-12H3/t21-,22-,23+,24+,25+,26-,28?,30?,31?,32?,33?,34?,35-,36-,37-,38-,39-,40-,41?,42?,44-,45+,46?,47?,48+/m0/s1. The number of carbonyl (C=O) groups excluding carboxylic acids is 2. The fraction of sp³-hybridized carbons (Fsp3) is 0.833. The van der Waals surface area contributed by atoms with Crippen LogP contribution in [0.3, 0.4) is 0 Å². The van der Waals surface area contributed by atoms with Gasteiger partial charge < -0.3 is 57.2 Å². The summed E-state index contributed by atoms with van der Waals surface area (Å²) in [5, 5.41) is 24.0. The van der Waals surface area contributed by atoms with Crippen molar-refractivity contribution in [2.24, 2.45) is 50.9 Å². The summed E-state index contributed by atoms with van der Waals surface area (Å²) in [5.74, 6) is -3.43. The van der Waals surface area contributed by atoms with E-state index < -0.39 is 140 Å². The van der Waals surface area contributed by atoms with Crippen molar-refractivity contribution in [2.45, 2.75) is 212 Å². The van der Waals surface area contributed by atoms with Crippen LogP contribution in [0.2, 0.25) is 0 Å². The van der Waals surface area contributed by atoms with Crippen LogP contribution in [0, 0.1) is 35.5 Å². The number of methoxy groups -OCH3 is 1. The second-order valence-electron chi connectivity index (χ2n) is 19.7. The van der Waals surface area contributed by atoms with E-state index in [9.17, 15) is 31.3 Å². The smallest absolute Gasteiger partial charge is 0.338 e. The minimum absolute atomic E-state index is 0.0658. The molecular formula is C48H73N9O14. The molecule has 1 aromatic carbocycles. The van der Waals surface area contributed by atoms with Gasteiger partial charge in [0.05, 0.1) is 72.5 Å². The lowest BCUT2D eigenvalue weighted by molar-refractivity contribution is -0.360. The van der Waals surface area contributed by atoms with Crippen molar-refractivity contribution in [1.29, 1.82) is 0 Å². The number of aliphatic hydroxyl groups excluding tert-OH is 1. The molecule has 0 aromatic heterocycles. The van der Waals surface area contributed by atoms with Crippen LogP contribution in [0.1, 0.15) is 106 Å². The summed E-state index contributed by atoms with van der Waals surface area (Å²) in [6, 6.07) is 6.06. The SMILES string of the molecule is CCC1O[C@H](O[C@@H]2C(C(C)=O)OC(O[C@@H]3C(CC)OC(O[C@@H]4C(C)O[C@H](O[C@@H]5C(CC)O[C@H](OC)C(N=[N+]=[N-])[C@H]5C)C(OC(=O)c5ccccc5)[C@H]4C)[C@@H](N=[N+]=[N-])[C@H]3C)[C@@H](O)[C@H]2C)C(N=[N+]=[N-])[C@@H](C)[C@@H]1C. The number of carbonyl (C=O) groups is 2. The first-order chi connectivity index (χ1) is 34.0. The first-order valence-electron chi connectivity index (χ1n) is 25.0. The molecule has 10 unspecified atom stereocenters. The maximum absolute atomic E-state index is 13.8. The van der Waals surface area contributed by atoms with E-state index in [0.717, 1.165) is 0 Å². The molecule has 0 radical (unpaired) electrons. The van der Waals surface area contributed by atoms with Crippen molar-refractivity contribution in [1.82, 2.24) is 0 Å². The molecule has 5 heterocycles. The molecule has 394 valence electrons. The van der Waals surface area contributed by atoms with Gasteiger partial charge >= 0.3 is 5.97 Å². The first kappa shape index (κ1) is 56.2. The predicted octanol–water partition coefficient (Wildman–Crippen LogP) is 8.08. The lowest BCUT2D eigenvalue weighted by Crippen LogP contribution is -2.63. The van der Waals surface area contributed by atoms with Gasteiger partial charge in [-0.1, -0.05) is 95.9 Å². The summed E-state index contributed by atoms with van der Waals surface area (Å²) in [7, 11) is 1.48. The Morgan fingerprint density at radius 1 is 0.563 bits per heavy atom. The zero-order valence-electron chi connectivity index (χ0n) is 42.7. The summed E-state index contributed by atoms with van der Waals surface area (Å²) in [4.78, 5) is 36.4. The number of rotatable bonds is 18. The molecular weight excluding hydrogens is 927 g/mol. The molecule has 0 amide bonds. The first-order valence-corrected chi connectivity index (χ1v) is 25.0. The van der Waals surface area contributed by atoms with Crippen molar-refractivity contribution < 1.29 is 66.8 Å². The zero-order valence-corrected chi connectivity index (χ0v) is 42.7. The highest BCUT2D eigenvalue weighted by molar-refractivity contribution is 5.89. The lowest BCUT2D eigenvalue weighted by atomic mass is 9.81. The number of benzene rings is 1. The number of azide groups is 3. The summed E-state index contributed by atoms with van der Waals surface area (Å²) < 4.78 is 70.4. The van der Waals surface area contributed by atoms with E-state index in [1.54, 1.807) is 44.2 Å². The molecule has 0 spiro atoms. The Hall–Kier alpha value is -4.15. The van der Waals surface area contributed by atoms with Crippen molar-refractivity contribution in [3.8, 4) is 0 Å². The van der Waals surface area contributed by atoms with Gasteiger partial charge in [0, 0.05) is 33.7 Å². The minimum Gasteiger partial charge on any atom is -0.453 e. The second-order valence-corrected chi connectivity index (χ2v) is 19.7. The van der Waals surface area contributed by atoms with E-state index >= 15 is 0 Å². The minimum atomic E-state index is -1.34. The van der Waals surface area contributed by atoms with Gasteiger partial charge in [-0.25, -0.2) is 4.79 Å². The summed E-state index contributed by atoms with van der Waals surface area (Å²) in [6.45, 7) is 20.2. The molecule has 5 fully saturated rings. The maximum Gasteiger partial charge on any atom is 0.338 e. The molecule has 1 aromatic rings. The highest BCUT2D eigenvalue weighted by Crippen LogP contribution is 2.43. The van der Waals surface area contributed by atoms with E-state index in [1.807, 2.05) is 55.4 Å². The van der Waals surface area contributed by atoms with Gasteiger partial charge in [-0.05, 0) is 85.5 Å². The number of esters is 1. The average Bonchev–Trinajstić information content (AvgIpc) is 3.36. The van der Waals surface area contributed by atoms with Crippen LogP contribution in [0.5, 0.6) is 0 Å². The Morgan fingerprint density at radius 3 is 1.56 bits per heavy atom. The van der Waals surface area contributed by atoms with E-state index in [-0.39, 0.29) is 23.7 Å². The molecule has 71 heavy (non-hydrogen) atoms. The molecule has 0 bridgehead atoms. The molecule has 5 aliphatic rings. The fourth-order valence-corrected chi connectivity index (χ4v) is 10.9. The van der Waals surface area contributed by atoms with Crippen LogP contribution >= 0.6 is 0 Å². The van der Waals surface area contributed by atoms with Gasteiger partial charge in [-0.15, -0.1) is 0 Å². The maximum atomic E-state index is 13.8. The monoisotopic (exact) mass is 1000 g/mol. The Kier molecular flexibility index (Phi) is 19.9. The Bertz CT molecular complexity index is 2080. The molecule has 5 saturated heterocycles. The summed E-state index contributed by atoms with van der Waals surface area (Å²) in [6.07, 6.45) is -12.9. The van der Waals surface area contributed by atoms with E-state index in [0.29, 0.717) is 24.8 Å². The van der Waals surface area contributed by atoms with Crippen LogP contribution in [-0.2, 0) is 56.9 Å². The summed E-state index contributed by atoms with van der Waals surface area (Å²) in [5.41, 5.74) is 29.1. The van der Waals surface area contributed by atoms with Crippen LogP contribution in [0.25, 0.3) is 31.3 Å². The number of aliphatic hydroxyl groups is 1. The van der Waals surface area contributed by atoms with Gasteiger partial charge in [0.1, 0.15) is 12.2 Å². The van der Waals surface area contributed by atoms with Crippen LogP contribution in [-0.4, -0.2) is 141 Å². The number of Topliss-reactive ketones (excluding diaryl/α,β-unsaturated/α-hetero) is 1. The largest absolute Gasteiger partial charge is 0.453 e. The van der Waals surface area contributed by atoms with Crippen molar-refractivity contribution in [3.63, 3.8) is 0 Å². The molecule has 5 aliphatic heterocycles. The van der Waals surface area contributed by atoms with E-state index in [2.05, 4.69) is 30.1 Å². The van der Waals surface area contributed by atoms with Crippen molar-refractivity contribution in [3.05, 3.63) is 67.2 Å². The quantitative estimate of drug-likeness (QED) is 0.0629. The molecule has 25 atom stereocenters. The van der Waals surface area contributed by atoms with Crippen molar-refractivity contribution in [2.75, 3.05) is 7.11 Å². The Balaban J connectivity index is 1.22. The lowest BCUT2D eigenvalue weighted by Gasteiger charge is -2.51. The number of nitrogens with zero attached hydrogens (tertiary/aromatic N) is 9. The van der Waals surface area contributed by atoms with Crippen molar-refractivity contribution >= 4 is 11.8 Å². The van der Waals surface area contributed by atoms with Crippen LogP contribution < -0.4 is 0 Å².